The summed E-state index contributed by atoms with van der Waals surface area (Å²) < 4.78 is 1.57. The zero-order valence-corrected chi connectivity index (χ0v) is 11.6. The number of amides is 1. The molecule has 1 aromatic rings. The molecule has 1 aliphatic rings. The van der Waals surface area contributed by atoms with Crippen molar-refractivity contribution >= 4 is 17.7 Å². The highest BCUT2D eigenvalue weighted by Crippen LogP contribution is 2.23. The summed E-state index contributed by atoms with van der Waals surface area (Å²) in [7, 11) is 1.77. The van der Waals surface area contributed by atoms with Crippen LogP contribution in [-0.4, -0.2) is 37.9 Å². The highest BCUT2D eigenvalue weighted by Gasteiger charge is 2.22. The topological polar surface area (TPSA) is 72.7 Å². The summed E-state index contributed by atoms with van der Waals surface area (Å²) in [5.74, 6) is 1.03. The normalized spacial score (nSPS) is 23.9. The fourth-order valence-corrected chi connectivity index (χ4v) is 2.91. The van der Waals surface area contributed by atoms with Crippen molar-refractivity contribution in [3.8, 4) is 0 Å². The Hall–Kier alpha value is -1.11. The predicted molar refractivity (Wildman–Crippen MR) is 69.1 cm³/mol. The number of carbonyl (C=O) groups is 1. The molecule has 2 rings (SSSR count). The van der Waals surface area contributed by atoms with E-state index in [0.717, 1.165) is 6.42 Å². The third-order valence-electron chi connectivity index (χ3n) is 3.37. The molecule has 0 saturated heterocycles. The molecule has 1 N–H and O–H groups in total. The molecule has 1 saturated carbocycles. The van der Waals surface area contributed by atoms with Gasteiger partial charge in [-0.2, -0.15) is 0 Å². The van der Waals surface area contributed by atoms with E-state index in [-0.39, 0.29) is 5.91 Å². The first-order valence-corrected chi connectivity index (χ1v) is 7.30. The molecule has 1 heterocycles. The first-order valence-electron chi connectivity index (χ1n) is 6.31. The Morgan fingerprint density at radius 1 is 1.50 bits per heavy atom. The molecule has 100 valence electrons. The Morgan fingerprint density at radius 2 is 2.28 bits per heavy atom. The van der Waals surface area contributed by atoms with Gasteiger partial charge in [0.05, 0.1) is 5.75 Å². The summed E-state index contributed by atoms with van der Waals surface area (Å²) in [6, 6.07) is 0.337. The van der Waals surface area contributed by atoms with Crippen molar-refractivity contribution in [2.45, 2.75) is 43.8 Å². The van der Waals surface area contributed by atoms with Gasteiger partial charge in [-0.3, -0.25) is 4.79 Å². The van der Waals surface area contributed by atoms with Crippen LogP contribution in [0.25, 0.3) is 0 Å². The van der Waals surface area contributed by atoms with Gasteiger partial charge in [-0.25, -0.2) is 4.68 Å². The second-order valence-corrected chi connectivity index (χ2v) is 5.75. The van der Waals surface area contributed by atoms with Crippen LogP contribution in [0.15, 0.2) is 5.16 Å². The van der Waals surface area contributed by atoms with E-state index < -0.39 is 0 Å². The smallest absolute Gasteiger partial charge is 0.230 e. The molecule has 1 fully saturated rings. The van der Waals surface area contributed by atoms with E-state index in [0.29, 0.717) is 22.9 Å². The van der Waals surface area contributed by atoms with Crippen molar-refractivity contribution in [1.29, 1.82) is 0 Å². The zero-order valence-electron chi connectivity index (χ0n) is 10.8. The van der Waals surface area contributed by atoms with Crippen LogP contribution in [0.3, 0.4) is 0 Å². The maximum absolute atomic E-state index is 11.9. The third-order valence-corrected chi connectivity index (χ3v) is 4.38. The molecule has 1 amide bonds. The van der Waals surface area contributed by atoms with Crippen molar-refractivity contribution in [2.75, 3.05) is 5.75 Å². The van der Waals surface area contributed by atoms with Gasteiger partial charge >= 0.3 is 0 Å². The number of thioether (sulfide) groups is 1. The van der Waals surface area contributed by atoms with E-state index in [2.05, 4.69) is 27.8 Å². The van der Waals surface area contributed by atoms with Crippen LogP contribution in [0.5, 0.6) is 0 Å². The van der Waals surface area contributed by atoms with Gasteiger partial charge in [0.15, 0.2) is 0 Å². The average molecular weight is 269 g/mol. The molecule has 0 spiro atoms. The number of carbonyl (C=O) groups excluding carboxylic acids is 1. The molecular weight excluding hydrogens is 250 g/mol. The molecule has 7 heteroatoms. The van der Waals surface area contributed by atoms with Gasteiger partial charge in [0, 0.05) is 13.1 Å². The van der Waals surface area contributed by atoms with Crippen LogP contribution < -0.4 is 5.32 Å². The van der Waals surface area contributed by atoms with Crippen molar-refractivity contribution in [3.05, 3.63) is 0 Å². The van der Waals surface area contributed by atoms with Crippen molar-refractivity contribution in [1.82, 2.24) is 25.5 Å². The highest BCUT2D eigenvalue weighted by atomic mass is 32.2. The van der Waals surface area contributed by atoms with E-state index >= 15 is 0 Å². The van der Waals surface area contributed by atoms with Crippen LogP contribution in [0.1, 0.15) is 32.6 Å². The second-order valence-electron chi connectivity index (χ2n) is 4.81. The van der Waals surface area contributed by atoms with Gasteiger partial charge in [-0.1, -0.05) is 31.5 Å². The standard InChI is InChI=1S/C11H19N5OS/c1-8-5-3-4-6-9(8)12-10(17)7-18-11-13-14-15-16(11)2/h8-9H,3-7H2,1-2H3,(H,12,17)/t8-,9+/m1/s1. The molecule has 0 bridgehead atoms. The first-order chi connectivity index (χ1) is 8.66. The second kappa shape index (κ2) is 6.17. The maximum atomic E-state index is 11.9. The lowest BCUT2D eigenvalue weighted by atomic mass is 9.86. The highest BCUT2D eigenvalue weighted by molar-refractivity contribution is 7.99. The lowest BCUT2D eigenvalue weighted by Gasteiger charge is -2.29. The molecular formula is C11H19N5OS. The van der Waals surface area contributed by atoms with Crippen LogP contribution >= 0.6 is 11.8 Å². The lowest BCUT2D eigenvalue weighted by molar-refractivity contribution is -0.119. The molecule has 2 atom stereocenters. The Balaban J connectivity index is 1.76. The van der Waals surface area contributed by atoms with E-state index in [1.807, 2.05) is 0 Å². The quantitative estimate of drug-likeness (QED) is 0.825. The molecule has 18 heavy (non-hydrogen) atoms. The monoisotopic (exact) mass is 269 g/mol. The number of hydrogen-bond acceptors (Lipinski definition) is 5. The van der Waals surface area contributed by atoms with E-state index in [9.17, 15) is 4.79 Å². The molecule has 1 aromatic heterocycles. The van der Waals surface area contributed by atoms with Crippen LogP contribution in [0, 0.1) is 5.92 Å². The van der Waals surface area contributed by atoms with Crippen molar-refractivity contribution < 1.29 is 4.79 Å². The van der Waals surface area contributed by atoms with Crippen molar-refractivity contribution in [3.63, 3.8) is 0 Å². The molecule has 0 unspecified atom stereocenters. The number of tetrazole rings is 1. The van der Waals surface area contributed by atoms with Gasteiger partial charge in [0.2, 0.25) is 11.1 Å². The largest absolute Gasteiger partial charge is 0.352 e. The predicted octanol–water partition coefficient (Wildman–Crippen LogP) is 0.997. The number of nitrogens with one attached hydrogen (secondary N) is 1. The van der Waals surface area contributed by atoms with Gasteiger partial charge in [0.25, 0.3) is 0 Å². The number of aromatic nitrogens is 4. The summed E-state index contributed by atoms with van der Waals surface area (Å²) in [5, 5.41) is 14.9. The van der Waals surface area contributed by atoms with Gasteiger partial charge in [-0.05, 0) is 29.2 Å². The minimum Gasteiger partial charge on any atom is -0.352 e. The van der Waals surface area contributed by atoms with Crippen LogP contribution in [0.2, 0.25) is 0 Å². The number of nitrogens with zero attached hydrogens (tertiary/aromatic N) is 4. The molecule has 6 nitrogen and oxygen atoms in total. The molecule has 1 aliphatic carbocycles. The summed E-state index contributed by atoms with van der Waals surface area (Å²) in [6.45, 7) is 2.21. The average Bonchev–Trinajstić information content (AvgIpc) is 2.75. The Kier molecular flexibility index (Phi) is 4.57. The van der Waals surface area contributed by atoms with Crippen LogP contribution in [-0.2, 0) is 11.8 Å². The molecule has 0 aromatic carbocycles. The fourth-order valence-electron chi connectivity index (χ4n) is 2.25. The Labute approximate surface area is 111 Å². The van der Waals surface area contributed by atoms with E-state index in [1.165, 1.54) is 31.0 Å². The first kappa shape index (κ1) is 13.3. The fraction of sp³-hybridized carbons (Fsp3) is 0.818. The number of hydrogen-bond donors (Lipinski definition) is 1. The van der Waals surface area contributed by atoms with Gasteiger partial charge in [0.1, 0.15) is 0 Å². The van der Waals surface area contributed by atoms with Crippen molar-refractivity contribution in [2.24, 2.45) is 13.0 Å². The number of aryl methyl sites for hydroxylation is 1. The summed E-state index contributed by atoms with van der Waals surface area (Å²) in [5.41, 5.74) is 0. The van der Waals surface area contributed by atoms with Gasteiger partial charge in [-0.15, -0.1) is 5.10 Å². The zero-order chi connectivity index (χ0) is 13.0. The minimum atomic E-state index is 0.0711. The van der Waals surface area contributed by atoms with E-state index in [4.69, 9.17) is 0 Å². The Bertz CT molecular complexity index is 408. The maximum Gasteiger partial charge on any atom is 0.230 e. The minimum absolute atomic E-state index is 0.0711. The molecule has 0 radical (unpaired) electrons. The SMILES string of the molecule is C[C@@H]1CCCC[C@@H]1NC(=O)CSc1nnnn1C. The summed E-state index contributed by atoms with van der Waals surface area (Å²) >= 11 is 1.37. The van der Waals surface area contributed by atoms with Gasteiger partial charge < -0.3 is 5.32 Å². The number of rotatable bonds is 4. The van der Waals surface area contributed by atoms with Crippen LogP contribution in [0.4, 0.5) is 0 Å². The molecule has 0 aliphatic heterocycles. The summed E-state index contributed by atoms with van der Waals surface area (Å²) in [6.07, 6.45) is 4.82. The summed E-state index contributed by atoms with van der Waals surface area (Å²) in [4.78, 5) is 11.9. The van der Waals surface area contributed by atoms with E-state index in [1.54, 1.807) is 11.7 Å². The Morgan fingerprint density at radius 3 is 2.94 bits per heavy atom. The lowest BCUT2D eigenvalue weighted by Crippen LogP contribution is -2.41. The third kappa shape index (κ3) is 3.44.